The van der Waals surface area contributed by atoms with Crippen LogP contribution in [0.4, 0.5) is 0 Å². The van der Waals surface area contributed by atoms with Crippen LogP contribution in [-0.2, 0) is 33.6 Å². The number of ketones is 5. The average molecular weight is 454 g/mol. The number of carbonyl (C=O) groups is 7. The first kappa shape index (κ1) is 29.2. The second-order valence-corrected chi connectivity index (χ2v) is 8.31. The number of hydrogen-bond acceptors (Lipinski definition) is 8. The molecule has 0 radical (unpaired) electrons. The number of carbonyl (C=O) groups excluding carboxylic acids is 7. The zero-order chi connectivity index (χ0) is 24.8. The van der Waals surface area contributed by atoms with Crippen molar-refractivity contribution in [1.29, 1.82) is 0 Å². The van der Waals surface area contributed by atoms with Crippen LogP contribution >= 0.6 is 0 Å². The van der Waals surface area contributed by atoms with Gasteiger partial charge in [-0.05, 0) is 27.2 Å². The molecule has 0 unspecified atom stereocenters. The summed E-state index contributed by atoms with van der Waals surface area (Å²) in [5.74, 6) is -2.87. The van der Waals surface area contributed by atoms with Crippen LogP contribution in [0.2, 0.25) is 0 Å². The second-order valence-electron chi connectivity index (χ2n) is 8.31. The molecular weight excluding hydrogens is 418 g/mol. The molecule has 0 aromatic rings. The third-order valence-electron chi connectivity index (χ3n) is 4.62. The van der Waals surface area contributed by atoms with Crippen molar-refractivity contribution in [2.24, 2.45) is 11.8 Å². The number of nitrogens with one attached hydrogen (secondary N) is 2. The molecule has 32 heavy (non-hydrogen) atoms. The van der Waals surface area contributed by atoms with Crippen molar-refractivity contribution in [3.05, 3.63) is 0 Å². The zero-order valence-electron chi connectivity index (χ0n) is 19.6. The smallest absolute Gasteiger partial charge is 0.234 e. The molecule has 0 saturated carbocycles. The molecule has 0 aromatic heterocycles. The summed E-state index contributed by atoms with van der Waals surface area (Å²) in [5.41, 5.74) is 0. The van der Waals surface area contributed by atoms with Crippen molar-refractivity contribution in [3.63, 3.8) is 0 Å². The molecule has 1 atom stereocenters. The number of nitrogens with zero attached hydrogens (tertiary/aromatic N) is 1. The van der Waals surface area contributed by atoms with E-state index >= 15 is 0 Å². The van der Waals surface area contributed by atoms with E-state index < -0.39 is 11.8 Å². The number of rotatable bonds is 17. The molecule has 0 aliphatic rings. The molecule has 180 valence electrons. The molecule has 2 amide bonds. The Morgan fingerprint density at radius 2 is 1.28 bits per heavy atom. The van der Waals surface area contributed by atoms with E-state index in [1.54, 1.807) is 13.8 Å². The summed E-state index contributed by atoms with van der Waals surface area (Å²) in [6.45, 7) is 6.79. The van der Waals surface area contributed by atoms with Crippen LogP contribution in [0, 0.1) is 11.8 Å². The monoisotopic (exact) mass is 453 g/mol. The predicted octanol–water partition coefficient (Wildman–Crippen LogP) is -0.131. The third-order valence-corrected chi connectivity index (χ3v) is 4.62. The molecule has 2 N–H and O–H groups in total. The maximum atomic E-state index is 12.2. The van der Waals surface area contributed by atoms with Gasteiger partial charge in [-0.1, -0.05) is 13.8 Å². The Hall–Kier alpha value is -2.75. The molecule has 10 nitrogen and oxygen atoms in total. The number of Topliss-reactive ketones (excluding diaryl/α,β-unsaturated/α-hetero) is 5. The molecule has 0 spiro atoms. The van der Waals surface area contributed by atoms with E-state index in [0.717, 1.165) is 0 Å². The quantitative estimate of drug-likeness (QED) is 0.310. The summed E-state index contributed by atoms with van der Waals surface area (Å²) in [4.78, 5) is 83.5. The Morgan fingerprint density at radius 3 is 1.75 bits per heavy atom. The van der Waals surface area contributed by atoms with Gasteiger partial charge in [-0.15, -0.1) is 0 Å². The van der Waals surface area contributed by atoms with E-state index in [1.807, 2.05) is 0 Å². The van der Waals surface area contributed by atoms with E-state index in [0.29, 0.717) is 0 Å². The highest BCUT2D eigenvalue weighted by Gasteiger charge is 2.21. The first-order chi connectivity index (χ1) is 14.8. The highest BCUT2D eigenvalue weighted by atomic mass is 16.2. The fourth-order valence-corrected chi connectivity index (χ4v) is 2.83. The van der Waals surface area contributed by atoms with Crippen LogP contribution in [-0.4, -0.2) is 78.4 Å². The Labute approximate surface area is 188 Å². The summed E-state index contributed by atoms with van der Waals surface area (Å²) < 4.78 is 0. The van der Waals surface area contributed by atoms with E-state index in [9.17, 15) is 33.6 Å². The van der Waals surface area contributed by atoms with Crippen molar-refractivity contribution in [1.82, 2.24) is 15.5 Å². The van der Waals surface area contributed by atoms with Gasteiger partial charge in [0.25, 0.3) is 0 Å². The Morgan fingerprint density at radius 1 is 0.750 bits per heavy atom. The van der Waals surface area contributed by atoms with Gasteiger partial charge in [0.15, 0.2) is 11.6 Å². The summed E-state index contributed by atoms with van der Waals surface area (Å²) in [5, 5.41) is 4.93. The van der Waals surface area contributed by atoms with Gasteiger partial charge < -0.3 is 10.6 Å². The molecule has 0 aromatic carbocycles. The van der Waals surface area contributed by atoms with Gasteiger partial charge in [-0.2, -0.15) is 0 Å². The van der Waals surface area contributed by atoms with Crippen molar-refractivity contribution in [2.75, 3.05) is 32.7 Å². The number of amides is 2. The van der Waals surface area contributed by atoms with Gasteiger partial charge in [0.05, 0.1) is 32.7 Å². The standard InChI is InChI=1S/C22H35N3O7/c1-14(2)20(30)10-24-21(31)7-6-18(17(5)28)8-19(29)9-23-22(32)13-25(11-15(3)26)12-16(4)27/h14,18H,6-13H2,1-5H3,(H,23,32)(H,24,31)/t18-/m1/s1. The van der Waals surface area contributed by atoms with Crippen molar-refractivity contribution in [3.8, 4) is 0 Å². The molecule has 0 saturated heterocycles. The van der Waals surface area contributed by atoms with E-state index in [1.165, 1.54) is 25.7 Å². The molecule has 0 rings (SSSR count). The van der Waals surface area contributed by atoms with Gasteiger partial charge in [-0.3, -0.25) is 38.5 Å². The largest absolute Gasteiger partial charge is 0.349 e. The van der Waals surface area contributed by atoms with Crippen molar-refractivity contribution in [2.45, 2.75) is 53.9 Å². The lowest BCUT2D eigenvalue weighted by molar-refractivity contribution is -0.129. The molecule has 0 aliphatic heterocycles. The van der Waals surface area contributed by atoms with Crippen LogP contribution in [0.1, 0.15) is 53.9 Å². The maximum Gasteiger partial charge on any atom is 0.234 e. The highest BCUT2D eigenvalue weighted by Crippen LogP contribution is 2.13. The number of hydrogen-bond donors (Lipinski definition) is 2. The summed E-state index contributed by atoms with van der Waals surface area (Å²) in [6.07, 6.45) is 0.0282. The predicted molar refractivity (Wildman–Crippen MR) is 117 cm³/mol. The molecule has 0 fully saturated rings. The Bertz CT molecular complexity index is 715. The minimum Gasteiger partial charge on any atom is -0.349 e. The second kappa shape index (κ2) is 15.1. The van der Waals surface area contributed by atoms with Crippen LogP contribution in [0.25, 0.3) is 0 Å². The molecule has 0 aliphatic carbocycles. The minimum absolute atomic E-state index is 0.000311. The van der Waals surface area contributed by atoms with Crippen LogP contribution in [0.3, 0.4) is 0 Å². The lowest BCUT2D eigenvalue weighted by atomic mass is 9.93. The fourth-order valence-electron chi connectivity index (χ4n) is 2.83. The first-order valence-corrected chi connectivity index (χ1v) is 10.6. The lowest BCUT2D eigenvalue weighted by Crippen LogP contribution is -2.43. The summed E-state index contributed by atoms with van der Waals surface area (Å²) in [7, 11) is 0. The third kappa shape index (κ3) is 14.3. The van der Waals surface area contributed by atoms with Crippen LogP contribution in [0.5, 0.6) is 0 Å². The normalized spacial score (nSPS) is 11.7. The van der Waals surface area contributed by atoms with E-state index in [4.69, 9.17) is 0 Å². The summed E-state index contributed by atoms with van der Waals surface area (Å²) in [6, 6.07) is 0. The minimum atomic E-state index is -0.669. The van der Waals surface area contributed by atoms with E-state index in [-0.39, 0.29) is 92.7 Å². The highest BCUT2D eigenvalue weighted by molar-refractivity contribution is 5.91. The van der Waals surface area contributed by atoms with Gasteiger partial charge in [0.1, 0.15) is 17.3 Å². The van der Waals surface area contributed by atoms with Gasteiger partial charge in [0, 0.05) is 24.7 Å². The fraction of sp³-hybridized carbons (Fsp3) is 0.682. The molecule has 10 heteroatoms. The van der Waals surface area contributed by atoms with E-state index in [2.05, 4.69) is 10.6 Å². The maximum absolute atomic E-state index is 12.2. The van der Waals surface area contributed by atoms with Crippen molar-refractivity contribution < 1.29 is 33.6 Å². The molecule has 0 bridgehead atoms. The van der Waals surface area contributed by atoms with Crippen LogP contribution in [0.15, 0.2) is 0 Å². The van der Waals surface area contributed by atoms with Gasteiger partial charge in [0.2, 0.25) is 11.8 Å². The van der Waals surface area contributed by atoms with Gasteiger partial charge >= 0.3 is 0 Å². The Kier molecular flexibility index (Phi) is 13.8. The van der Waals surface area contributed by atoms with Gasteiger partial charge in [-0.25, -0.2) is 0 Å². The first-order valence-electron chi connectivity index (χ1n) is 10.6. The summed E-state index contributed by atoms with van der Waals surface area (Å²) >= 11 is 0. The topological polar surface area (TPSA) is 147 Å². The zero-order valence-corrected chi connectivity index (χ0v) is 19.6. The van der Waals surface area contributed by atoms with Crippen molar-refractivity contribution >= 4 is 40.7 Å². The lowest BCUT2D eigenvalue weighted by Gasteiger charge is -2.19. The Balaban J connectivity index is 4.52. The average Bonchev–Trinajstić information content (AvgIpc) is 2.66. The van der Waals surface area contributed by atoms with Crippen LogP contribution < -0.4 is 10.6 Å². The molecule has 0 heterocycles. The SMILES string of the molecule is CC(=O)CN(CC(C)=O)CC(=O)NCC(=O)C[C@@H](CCC(=O)NCC(=O)C(C)C)C(C)=O. The molecular formula is C22H35N3O7.